The molecule has 0 bridgehead atoms. The van der Waals surface area contributed by atoms with Gasteiger partial charge < -0.3 is 15.7 Å². The van der Waals surface area contributed by atoms with Crippen LogP contribution in [0.1, 0.15) is 64.4 Å². The van der Waals surface area contributed by atoms with Crippen LogP contribution in [0.15, 0.2) is 47.4 Å². The molecule has 194 valence electrons. The molecule has 37 heavy (non-hydrogen) atoms. The predicted molar refractivity (Wildman–Crippen MR) is 146 cm³/mol. The highest BCUT2D eigenvalue weighted by Gasteiger charge is 2.38. The second-order valence-corrected chi connectivity index (χ2v) is 11.1. The Morgan fingerprint density at radius 1 is 1.08 bits per heavy atom. The predicted octanol–water partition coefficient (Wildman–Crippen LogP) is 4.00. The Balaban J connectivity index is 1.63. The Morgan fingerprint density at radius 3 is 2.59 bits per heavy atom. The van der Waals surface area contributed by atoms with E-state index in [1.54, 1.807) is 29.4 Å². The summed E-state index contributed by atoms with van der Waals surface area (Å²) in [7, 11) is 0. The standard InChI is InChI=1S/C28H35N7O2/c1-17(2)34-25(36)21-16-30-26(31-20-11-10-19-15-29-13-12-18(19)14-20)33-24(21)35(34)23-9-7-8-22(32-23)27(3,4)28(5,6)37/h7-11,14,16-17,29,37H,12-13,15H2,1-6H3,(H,30,31,33). The van der Waals surface area contributed by atoms with Crippen LogP contribution in [0.2, 0.25) is 0 Å². The highest BCUT2D eigenvalue weighted by molar-refractivity contribution is 5.77. The number of anilines is 2. The number of rotatable bonds is 6. The third-order valence-electron chi connectivity index (χ3n) is 7.58. The number of aromatic nitrogens is 5. The minimum atomic E-state index is -1.00. The summed E-state index contributed by atoms with van der Waals surface area (Å²) in [4.78, 5) is 27.5. The van der Waals surface area contributed by atoms with Gasteiger partial charge in [0.15, 0.2) is 11.5 Å². The summed E-state index contributed by atoms with van der Waals surface area (Å²) >= 11 is 0. The molecule has 0 fully saturated rings. The van der Waals surface area contributed by atoms with Crippen LogP contribution in [0.4, 0.5) is 11.6 Å². The zero-order chi connectivity index (χ0) is 26.5. The molecular formula is C28H35N7O2. The van der Waals surface area contributed by atoms with Gasteiger partial charge in [0.2, 0.25) is 5.95 Å². The lowest BCUT2D eigenvalue weighted by atomic mass is 9.74. The van der Waals surface area contributed by atoms with Gasteiger partial charge in [-0.2, -0.15) is 4.98 Å². The SMILES string of the molecule is CC(C)n1c(=O)c2cnc(Nc3ccc4c(c3)CCNC4)nc2n1-c1cccc(C(C)(C)C(C)(C)O)n1. The van der Waals surface area contributed by atoms with E-state index in [-0.39, 0.29) is 11.6 Å². The van der Waals surface area contributed by atoms with Crippen LogP contribution < -0.4 is 16.2 Å². The van der Waals surface area contributed by atoms with E-state index in [0.29, 0.717) is 22.8 Å². The lowest BCUT2D eigenvalue weighted by Crippen LogP contribution is -2.43. The van der Waals surface area contributed by atoms with Gasteiger partial charge in [0, 0.05) is 29.9 Å². The van der Waals surface area contributed by atoms with Gasteiger partial charge in [-0.25, -0.2) is 19.3 Å². The van der Waals surface area contributed by atoms with Crippen LogP contribution in [0, 0.1) is 0 Å². The van der Waals surface area contributed by atoms with E-state index in [9.17, 15) is 9.90 Å². The summed E-state index contributed by atoms with van der Waals surface area (Å²) in [5.41, 5.74) is 2.91. The fourth-order valence-electron chi connectivity index (χ4n) is 4.63. The molecule has 0 spiro atoms. The van der Waals surface area contributed by atoms with Gasteiger partial charge in [0.25, 0.3) is 5.56 Å². The third kappa shape index (κ3) is 4.42. The molecule has 9 nitrogen and oxygen atoms in total. The maximum atomic E-state index is 13.4. The number of hydrogen-bond acceptors (Lipinski definition) is 7. The lowest BCUT2D eigenvalue weighted by Gasteiger charge is -2.36. The van der Waals surface area contributed by atoms with Crippen LogP contribution in [0.25, 0.3) is 16.9 Å². The maximum Gasteiger partial charge on any atom is 0.278 e. The van der Waals surface area contributed by atoms with E-state index in [2.05, 4.69) is 27.8 Å². The quantitative estimate of drug-likeness (QED) is 0.366. The van der Waals surface area contributed by atoms with E-state index in [1.807, 2.05) is 52.0 Å². The van der Waals surface area contributed by atoms with Gasteiger partial charge in [-0.1, -0.05) is 26.0 Å². The lowest BCUT2D eigenvalue weighted by molar-refractivity contribution is 0.00775. The van der Waals surface area contributed by atoms with E-state index in [1.165, 1.54) is 11.1 Å². The van der Waals surface area contributed by atoms with Crippen molar-refractivity contribution in [1.29, 1.82) is 0 Å². The van der Waals surface area contributed by atoms with Gasteiger partial charge in [-0.3, -0.25) is 4.79 Å². The monoisotopic (exact) mass is 501 g/mol. The van der Waals surface area contributed by atoms with Crippen molar-refractivity contribution in [2.24, 2.45) is 0 Å². The van der Waals surface area contributed by atoms with Crippen molar-refractivity contribution in [2.45, 2.75) is 71.6 Å². The molecule has 4 aromatic rings. The van der Waals surface area contributed by atoms with Crippen molar-refractivity contribution in [3.8, 4) is 5.82 Å². The Kier molecular flexibility index (Phi) is 6.16. The van der Waals surface area contributed by atoms with E-state index >= 15 is 0 Å². The summed E-state index contributed by atoms with van der Waals surface area (Å²) in [5.74, 6) is 0.963. The van der Waals surface area contributed by atoms with Crippen molar-refractivity contribution < 1.29 is 5.11 Å². The molecule has 0 amide bonds. The van der Waals surface area contributed by atoms with Crippen molar-refractivity contribution in [3.05, 3.63) is 69.8 Å². The van der Waals surface area contributed by atoms with Crippen LogP contribution in [-0.4, -0.2) is 41.6 Å². The second-order valence-electron chi connectivity index (χ2n) is 11.1. The third-order valence-corrected chi connectivity index (χ3v) is 7.58. The molecule has 0 saturated heterocycles. The van der Waals surface area contributed by atoms with Crippen molar-refractivity contribution >= 4 is 22.7 Å². The average Bonchev–Trinajstić information content (AvgIpc) is 3.15. The molecule has 0 radical (unpaired) electrons. The number of aliphatic hydroxyl groups is 1. The second kappa shape index (κ2) is 9.08. The minimum absolute atomic E-state index is 0.139. The Labute approximate surface area is 216 Å². The molecule has 0 atom stereocenters. The first-order valence-corrected chi connectivity index (χ1v) is 12.8. The first-order valence-electron chi connectivity index (χ1n) is 12.8. The van der Waals surface area contributed by atoms with Crippen molar-refractivity contribution in [3.63, 3.8) is 0 Å². The highest BCUT2D eigenvalue weighted by atomic mass is 16.3. The summed E-state index contributed by atoms with van der Waals surface area (Å²) in [6, 6.07) is 11.8. The molecular weight excluding hydrogens is 466 g/mol. The molecule has 0 aliphatic carbocycles. The Hall–Kier alpha value is -3.56. The van der Waals surface area contributed by atoms with Crippen LogP contribution >= 0.6 is 0 Å². The number of nitrogens with zero attached hydrogens (tertiary/aromatic N) is 5. The number of hydrogen-bond donors (Lipinski definition) is 3. The van der Waals surface area contributed by atoms with Crippen molar-refractivity contribution in [2.75, 3.05) is 11.9 Å². The molecule has 1 aromatic carbocycles. The molecule has 1 aliphatic rings. The summed E-state index contributed by atoms with van der Waals surface area (Å²) in [6.45, 7) is 13.2. The van der Waals surface area contributed by atoms with Crippen molar-refractivity contribution in [1.82, 2.24) is 29.6 Å². The van der Waals surface area contributed by atoms with E-state index in [0.717, 1.165) is 30.9 Å². The summed E-state index contributed by atoms with van der Waals surface area (Å²) in [6.07, 6.45) is 2.56. The number of fused-ring (bicyclic) bond motifs is 2. The fraction of sp³-hybridized carbons (Fsp3) is 0.429. The van der Waals surface area contributed by atoms with Crippen LogP contribution in [-0.2, 0) is 18.4 Å². The Morgan fingerprint density at radius 2 is 1.86 bits per heavy atom. The molecule has 3 N–H and O–H groups in total. The van der Waals surface area contributed by atoms with Gasteiger partial charge >= 0.3 is 0 Å². The smallest absolute Gasteiger partial charge is 0.278 e. The average molecular weight is 502 g/mol. The highest BCUT2D eigenvalue weighted by Crippen LogP contribution is 2.34. The van der Waals surface area contributed by atoms with Gasteiger partial charge in [0.1, 0.15) is 5.39 Å². The Bertz CT molecular complexity index is 1530. The first-order chi connectivity index (χ1) is 17.5. The zero-order valence-corrected chi connectivity index (χ0v) is 22.3. The summed E-state index contributed by atoms with van der Waals surface area (Å²) < 4.78 is 3.41. The normalized spacial score (nSPS) is 14.3. The number of benzene rings is 1. The topological polar surface area (TPSA) is 110 Å². The number of pyridine rings is 1. The van der Waals surface area contributed by atoms with Gasteiger partial charge in [0.05, 0.1) is 11.3 Å². The molecule has 3 aromatic heterocycles. The fourth-order valence-corrected chi connectivity index (χ4v) is 4.63. The molecule has 5 rings (SSSR count). The van der Waals surface area contributed by atoms with E-state index < -0.39 is 11.0 Å². The minimum Gasteiger partial charge on any atom is -0.390 e. The number of nitrogens with one attached hydrogen (secondary N) is 2. The molecule has 4 heterocycles. The zero-order valence-electron chi connectivity index (χ0n) is 22.3. The molecule has 1 aliphatic heterocycles. The largest absolute Gasteiger partial charge is 0.390 e. The molecule has 0 unspecified atom stereocenters. The molecule has 0 saturated carbocycles. The van der Waals surface area contributed by atoms with Gasteiger partial charge in [-0.05, 0) is 76.1 Å². The summed E-state index contributed by atoms with van der Waals surface area (Å²) in [5, 5.41) is 17.9. The van der Waals surface area contributed by atoms with Crippen LogP contribution in [0.3, 0.4) is 0 Å². The van der Waals surface area contributed by atoms with E-state index in [4.69, 9.17) is 9.97 Å². The van der Waals surface area contributed by atoms with Gasteiger partial charge in [-0.15, -0.1) is 0 Å². The maximum absolute atomic E-state index is 13.4. The molecule has 9 heteroatoms. The first kappa shape index (κ1) is 25.1. The van der Waals surface area contributed by atoms with Crippen LogP contribution in [0.5, 0.6) is 0 Å².